The van der Waals surface area contributed by atoms with Crippen molar-refractivity contribution in [2.24, 2.45) is 5.73 Å². The number of aliphatic hydroxyl groups excluding tert-OH is 1. The van der Waals surface area contributed by atoms with E-state index in [2.05, 4.69) is 15.9 Å². The average molecular weight is 260 g/mol. The first-order valence-electron chi connectivity index (χ1n) is 4.40. The fourth-order valence-electron chi connectivity index (χ4n) is 1.22. The molecular formula is C10H14BrNO2. The van der Waals surface area contributed by atoms with Gasteiger partial charge in [0.25, 0.3) is 0 Å². The summed E-state index contributed by atoms with van der Waals surface area (Å²) >= 11 is 3.37. The molecule has 3 nitrogen and oxygen atoms in total. The minimum absolute atomic E-state index is 0.463. The van der Waals surface area contributed by atoms with Crippen molar-refractivity contribution in [2.75, 3.05) is 13.7 Å². The Morgan fingerprint density at radius 3 is 2.86 bits per heavy atom. The molecule has 78 valence electrons. The lowest BCUT2D eigenvalue weighted by Crippen LogP contribution is -2.07. The van der Waals surface area contributed by atoms with Gasteiger partial charge in [-0.25, -0.2) is 0 Å². The Balaban J connectivity index is 2.93. The topological polar surface area (TPSA) is 55.5 Å². The van der Waals surface area contributed by atoms with Crippen molar-refractivity contribution in [2.45, 2.75) is 12.5 Å². The summed E-state index contributed by atoms with van der Waals surface area (Å²) in [5, 5.41) is 9.76. The fourth-order valence-corrected chi connectivity index (χ4v) is 1.73. The molecule has 0 saturated carbocycles. The van der Waals surface area contributed by atoms with E-state index < -0.39 is 6.10 Å². The Morgan fingerprint density at radius 1 is 1.57 bits per heavy atom. The maximum absolute atomic E-state index is 9.76. The van der Waals surface area contributed by atoms with E-state index in [1.54, 1.807) is 7.11 Å². The van der Waals surface area contributed by atoms with Gasteiger partial charge in [-0.2, -0.15) is 0 Å². The first-order valence-corrected chi connectivity index (χ1v) is 5.20. The molecule has 1 aromatic rings. The van der Waals surface area contributed by atoms with E-state index in [1.165, 1.54) is 0 Å². The Kier molecular flexibility index (Phi) is 4.38. The van der Waals surface area contributed by atoms with E-state index in [0.717, 1.165) is 15.8 Å². The summed E-state index contributed by atoms with van der Waals surface area (Å²) in [6, 6.07) is 5.50. The van der Waals surface area contributed by atoms with E-state index in [1.807, 2.05) is 18.2 Å². The predicted molar refractivity (Wildman–Crippen MR) is 59.3 cm³/mol. The van der Waals surface area contributed by atoms with E-state index >= 15 is 0 Å². The first-order chi connectivity index (χ1) is 6.69. The molecular weight excluding hydrogens is 246 g/mol. The van der Waals surface area contributed by atoms with Crippen LogP contribution in [0.5, 0.6) is 5.75 Å². The van der Waals surface area contributed by atoms with Gasteiger partial charge in [0.1, 0.15) is 5.75 Å². The summed E-state index contributed by atoms with van der Waals surface area (Å²) in [6.07, 6.45) is 0.00987. The molecule has 0 aliphatic carbocycles. The summed E-state index contributed by atoms with van der Waals surface area (Å²) in [5.41, 5.74) is 6.20. The van der Waals surface area contributed by atoms with Crippen LogP contribution in [0.1, 0.15) is 18.1 Å². The van der Waals surface area contributed by atoms with Crippen molar-refractivity contribution in [3.8, 4) is 5.75 Å². The number of nitrogens with two attached hydrogens (primary N) is 1. The smallest absolute Gasteiger partial charge is 0.119 e. The quantitative estimate of drug-likeness (QED) is 0.868. The molecule has 0 fully saturated rings. The van der Waals surface area contributed by atoms with Crippen LogP contribution in [-0.4, -0.2) is 18.8 Å². The molecule has 0 radical (unpaired) electrons. The zero-order valence-corrected chi connectivity index (χ0v) is 9.62. The number of hydrogen-bond acceptors (Lipinski definition) is 3. The lowest BCUT2D eigenvalue weighted by Gasteiger charge is -2.12. The molecule has 1 atom stereocenters. The van der Waals surface area contributed by atoms with Crippen LogP contribution < -0.4 is 10.5 Å². The van der Waals surface area contributed by atoms with Crippen LogP contribution in [-0.2, 0) is 0 Å². The first kappa shape index (κ1) is 11.5. The van der Waals surface area contributed by atoms with E-state index in [-0.39, 0.29) is 0 Å². The molecule has 0 heterocycles. The summed E-state index contributed by atoms with van der Waals surface area (Å²) in [7, 11) is 1.60. The van der Waals surface area contributed by atoms with Crippen LogP contribution in [0.3, 0.4) is 0 Å². The highest BCUT2D eigenvalue weighted by atomic mass is 79.9. The van der Waals surface area contributed by atoms with Gasteiger partial charge in [0.05, 0.1) is 13.2 Å². The van der Waals surface area contributed by atoms with Gasteiger partial charge < -0.3 is 15.6 Å². The average Bonchev–Trinajstić information content (AvgIpc) is 2.19. The molecule has 0 spiro atoms. The molecule has 14 heavy (non-hydrogen) atoms. The molecule has 0 amide bonds. The Morgan fingerprint density at radius 2 is 2.29 bits per heavy atom. The van der Waals surface area contributed by atoms with E-state index in [4.69, 9.17) is 10.5 Å². The second kappa shape index (κ2) is 5.34. The van der Waals surface area contributed by atoms with Crippen molar-refractivity contribution in [3.05, 3.63) is 28.2 Å². The van der Waals surface area contributed by atoms with Crippen LogP contribution in [0, 0.1) is 0 Å². The lowest BCUT2D eigenvalue weighted by atomic mass is 10.1. The maximum atomic E-state index is 9.76. The summed E-state index contributed by atoms with van der Waals surface area (Å²) in [6.45, 7) is 0.463. The fraction of sp³-hybridized carbons (Fsp3) is 0.400. The van der Waals surface area contributed by atoms with Gasteiger partial charge >= 0.3 is 0 Å². The number of rotatable bonds is 4. The number of halogens is 1. The standard InChI is InChI=1S/C10H14BrNO2/c1-14-7-2-3-9(11)8(6-7)10(13)4-5-12/h2-3,6,10,13H,4-5,12H2,1H3. The largest absolute Gasteiger partial charge is 0.497 e. The molecule has 4 heteroatoms. The van der Waals surface area contributed by atoms with Crippen molar-refractivity contribution in [1.82, 2.24) is 0 Å². The third kappa shape index (κ3) is 2.70. The predicted octanol–water partition coefficient (Wildman–Crippen LogP) is 1.84. The van der Waals surface area contributed by atoms with Gasteiger partial charge in [-0.05, 0) is 36.7 Å². The molecule has 1 rings (SSSR count). The highest BCUT2D eigenvalue weighted by Gasteiger charge is 2.11. The summed E-state index contributed by atoms with van der Waals surface area (Å²) in [4.78, 5) is 0. The molecule has 0 aromatic heterocycles. The maximum Gasteiger partial charge on any atom is 0.119 e. The number of ether oxygens (including phenoxy) is 1. The second-order valence-corrected chi connectivity index (χ2v) is 3.83. The van der Waals surface area contributed by atoms with Gasteiger partial charge in [0.15, 0.2) is 0 Å². The van der Waals surface area contributed by atoms with Crippen molar-refractivity contribution < 1.29 is 9.84 Å². The molecule has 0 bridgehead atoms. The Labute approximate surface area is 92.0 Å². The van der Waals surface area contributed by atoms with Crippen LogP contribution >= 0.6 is 15.9 Å². The van der Waals surface area contributed by atoms with Crippen molar-refractivity contribution >= 4 is 15.9 Å². The molecule has 1 unspecified atom stereocenters. The molecule has 0 saturated heterocycles. The number of hydrogen-bond donors (Lipinski definition) is 2. The molecule has 3 N–H and O–H groups in total. The number of methoxy groups -OCH3 is 1. The molecule has 1 aromatic carbocycles. The van der Waals surface area contributed by atoms with Crippen LogP contribution in [0.25, 0.3) is 0 Å². The minimum atomic E-state index is -0.538. The second-order valence-electron chi connectivity index (χ2n) is 2.98. The Hall–Kier alpha value is -0.580. The van der Waals surface area contributed by atoms with Gasteiger partial charge in [0.2, 0.25) is 0 Å². The zero-order chi connectivity index (χ0) is 10.6. The van der Waals surface area contributed by atoms with Gasteiger partial charge in [-0.1, -0.05) is 15.9 Å². The van der Waals surface area contributed by atoms with Crippen LogP contribution in [0.2, 0.25) is 0 Å². The molecule has 0 aliphatic rings. The van der Waals surface area contributed by atoms with E-state index in [9.17, 15) is 5.11 Å². The monoisotopic (exact) mass is 259 g/mol. The van der Waals surface area contributed by atoms with Crippen LogP contribution in [0.15, 0.2) is 22.7 Å². The number of benzene rings is 1. The normalized spacial score (nSPS) is 12.6. The van der Waals surface area contributed by atoms with E-state index in [0.29, 0.717) is 13.0 Å². The van der Waals surface area contributed by atoms with Crippen LogP contribution in [0.4, 0.5) is 0 Å². The lowest BCUT2D eigenvalue weighted by molar-refractivity contribution is 0.169. The SMILES string of the molecule is COc1ccc(Br)c(C(O)CCN)c1. The zero-order valence-electron chi connectivity index (χ0n) is 8.03. The van der Waals surface area contributed by atoms with Gasteiger partial charge in [-0.15, -0.1) is 0 Å². The van der Waals surface area contributed by atoms with Crippen molar-refractivity contribution in [3.63, 3.8) is 0 Å². The molecule has 0 aliphatic heterocycles. The highest BCUT2D eigenvalue weighted by molar-refractivity contribution is 9.10. The van der Waals surface area contributed by atoms with Gasteiger partial charge in [-0.3, -0.25) is 0 Å². The minimum Gasteiger partial charge on any atom is -0.497 e. The summed E-state index contributed by atoms with van der Waals surface area (Å²) < 4.78 is 5.95. The third-order valence-corrected chi connectivity index (χ3v) is 2.72. The van der Waals surface area contributed by atoms with Crippen molar-refractivity contribution in [1.29, 1.82) is 0 Å². The Bertz CT molecular complexity index is 304. The summed E-state index contributed by atoms with van der Waals surface area (Å²) in [5.74, 6) is 0.735. The highest BCUT2D eigenvalue weighted by Crippen LogP contribution is 2.28. The number of aliphatic hydroxyl groups is 1. The third-order valence-electron chi connectivity index (χ3n) is 2.00. The van der Waals surface area contributed by atoms with Gasteiger partial charge in [0, 0.05) is 4.47 Å².